The first-order chi connectivity index (χ1) is 9.36. The van der Waals surface area contributed by atoms with Gasteiger partial charge in [-0.25, -0.2) is 0 Å². The molecule has 0 radical (unpaired) electrons. The Balaban J connectivity index is 1.88. The number of ether oxygens (including phenoxy) is 1. The van der Waals surface area contributed by atoms with Gasteiger partial charge in [0.1, 0.15) is 12.4 Å². The Labute approximate surface area is 117 Å². The van der Waals surface area contributed by atoms with Gasteiger partial charge in [-0.05, 0) is 35.9 Å². The van der Waals surface area contributed by atoms with E-state index in [0.717, 1.165) is 5.75 Å². The van der Waals surface area contributed by atoms with E-state index in [0.29, 0.717) is 12.5 Å². The van der Waals surface area contributed by atoms with Gasteiger partial charge in [-0.1, -0.05) is 18.2 Å². The molecule has 2 heterocycles. The molecule has 0 aliphatic carbocycles. The van der Waals surface area contributed by atoms with Gasteiger partial charge in [0.15, 0.2) is 0 Å². The summed E-state index contributed by atoms with van der Waals surface area (Å²) >= 11 is 5.60. The molecule has 96 valence electrons. The highest BCUT2D eigenvalue weighted by atomic mass is 35.5. The predicted octanol–water partition coefficient (Wildman–Crippen LogP) is 4.22. The van der Waals surface area contributed by atoms with Crippen molar-refractivity contribution in [1.29, 1.82) is 0 Å². The number of alkyl halides is 1. The normalized spacial score (nSPS) is 10.8. The summed E-state index contributed by atoms with van der Waals surface area (Å²) in [6.45, 7) is 0.539. The number of halogens is 1. The highest BCUT2D eigenvalue weighted by Gasteiger charge is 2.02. The molecule has 3 aromatic rings. The number of hydrogen-bond donors (Lipinski definition) is 0. The SMILES string of the molecule is ClCCOc1ccc(-c2cc3ccccn3c2)cc1. The fourth-order valence-electron chi connectivity index (χ4n) is 2.11. The smallest absolute Gasteiger partial charge is 0.119 e. The Morgan fingerprint density at radius 2 is 1.84 bits per heavy atom. The van der Waals surface area contributed by atoms with Crippen LogP contribution in [0.1, 0.15) is 0 Å². The molecule has 0 saturated heterocycles. The second-order valence-corrected chi connectivity index (χ2v) is 4.70. The van der Waals surface area contributed by atoms with Crippen molar-refractivity contribution < 1.29 is 4.74 Å². The van der Waals surface area contributed by atoms with Gasteiger partial charge in [-0.15, -0.1) is 11.6 Å². The fourth-order valence-corrected chi connectivity index (χ4v) is 2.19. The fraction of sp³-hybridized carbons (Fsp3) is 0.125. The number of pyridine rings is 1. The summed E-state index contributed by atoms with van der Waals surface area (Å²) in [5.41, 5.74) is 3.58. The van der Waals surface area contributed by atoms with Gasteiger partial charge < -0.3 is 9.14 Å². The third kappa shape index (κ3) is 2.59. The summed E-state index contributed by atoms with van der Waals surface area (Å²) in [6, 6.07) is 16.4. The quantitative estimate of drug-likeness (QED) is 0.648. The first-order valence-electron chi connectivity index (χ1n) is 6.23. The van der Waals surface area contributed by atoms with Crippen LogP contribution in [0.2, 0.25) is 0 Å². The van der Waals surface area contributed by atoms with Gasteiger partial charge in [0, 0.05) is 23.5 Å². The Morgan fingerprint density at radius 1 is 1.00 bits per heavy atom. The molecule has 0 fully saturated rings. The minimum absolute atomic E-state index is 0.507. The van der Waals surface area contributed by atoms with E-state index in [2.05, 4.69) is 41.1 Å². The van der Waals surface area contributed by atoms with Crippen LogP contribution in [0.15, 0.2) is 60.9 Å². The minimum Gasteiger partial charge on any atom is -0.492 e. The number of benzene rings is 1. The second kappa shape index (κ2) is 5.37. The van der Waals surface area contributed by atoms with Crippen molar-refractivity contribution >= 4 is 17.1 Å². The Hall–Kier alpha value is -1.93. The third-order valence-corrected chi connectivity index (χ3v) is 3.19. The molecule has 0 amide bonds. The highest BCUT2D eigenvalue weighted by Crippen LogP contribution is 2.24. The molecule has 0 bridgehead atoms. The van der Waals surface area contributed by atoms with Crippen LogP contribution in [0.3, 0.4) is 0 Å². The summed E-state index contributed by atoms with van der Waals surface area (Å²) in [4.78, 5) is 0. The molecule has 0 unspecified atom stereocenters. The maximum absolute atomic E-state index is 5.60. The Bertz CT molecular complexity index is 640. The molecule has 3 heteroatoms. The zero-order chi connectivity index (χ0) is 13.1. The summed E-state index contributed by atoms with van der Waals surface area (Å²) < 4.78 is 7.59. The maximum Gasteiger partial charge on any atom is 0.119 e. The van der Waals surface area contributed by atoms with Crippen LogP contribution in [0.5, 0.6) is 5.75 Å². The lowest BCUT2D eigenvalue weighted by atomic mass is 10.1. The van der Waals surface area contributed by atoms with E-state index in [9.17, 15) is 0 Å². The third-order valence-electron chi connectivity index (χ3n) is 3.04. The zero-order valence-electron chi connectivity index (χ0n) is 10.4. The molecule has 0 saturated carbocycles. The van der Waals surface area contributed by atoms with Crippen LogP contribution < -0.4 is 4.74 Å². The standard InChI is InChI=1S/C16H14ClNO/c17-8-10-19-16-6-4-13(5-7-16)14-11-15-3-1-2-9-18(15)12-14/h1-7,9,11-12H,8,10H2. The lowest BCUT2D eigenvalue weighted by Gasteiger charge is -2.04. The van der Waals surface area contributed by atoms with Crippen LogP contribution in [-0.4, -0.2) is 16.9 Å². The molecule has 2 aromatic heterocycles. The van der Waals surface area contributed by atoms with E-state index in [1.165, 1.54) is 16.6 Å². The van der Waals surface area contributed by atoms with Gasteiger partial charge >= 0.3 is 0 Å². The summed E-state index contributed by atoms with van der Waals surface area (Å²) in [7, 11) is 0. The van der Waals surface area contributed by atoms with E-state index >= 15 is 0 Å². The topological polar surface area (TPSA) is 13.6 Å². The first-order valence-corrected chi connectivity index (χ1v) is 6.76. The zero-order valence-corrected chi connectivity index (χ0v) is 11.2. The first kappa shape index (κ1) is 12.1. The van der Waals surface area contributed by atoms with Crippen LogP contribution in [0.25, 0.3) is 16.6 Å². The van der Waals surface area contributed by atoms with Crippen LogP contribution in [-0.2, 0) is 0 Å². The summed E-state index contributed by atoms with van der Waals surface area (Å²) in [5, 5.41) is 0. The average Bonchev–Trinajstić information content (AvgIpc) is 2.89. The molecule has 3 rings (SSSR count). The van der Waals surface area contributed by atoms with E-state index in [-0.39, 0.29) is 0 Å². The van der Waals surface area contributed by atoms with Crippen molar-refractivity contribution in [3.05, 3.63) is 60.9 Å². The van der Waals surface area contributed by atoms with Gasteiger partial charge in [0.05, 0.1) is 5.88 Å². The number of rotatable bonds is 4. The van der Waals surface area contributed by atoms with Gasteiger partial charge in [0.2, 0.25) is 0 Å². The lowest BCUT2D eigenvalue weighted by Crippen LogP contribution is -1.97. The maximum atomic E-state index is 5.60. The van der Waals surface area contributed by atoms with E-state index in [1.54, 1.807) is 0 Å². The molecule has 19 heavy (non-hydrogen) atoms. The number of hydrogen-bond acceptors (Lipinski definition) is 1. The van der Waals surface area contributed by atoms with Crippen molar-refractivity contribution in [2.75, 3.05) is 12.5 Å². The number of nitrogens with zero attached hydrogens (tertiary/aromatic N) is 1. The largest absolute Gasteiger partial charge is 0.492 e. The van der Waals surface area contributed by atoms with Crippen LogP contribution in [0, 0.1) is 0 Å². The highest BCUT2D eigenvalue weighted by molar-refractivity contribution is 6.18. The molecule has 0 N–H and O–H groups in total. The lowest BCUT2D eigenvalue weighted by molar-refractivity contribution is 0.343. The molecule has 0 atom stereocenters. The summed E-state index contributed by atoms with van der Waals surface area (Å²) in [6.07, 6.45) is 4.18. The molecular formula is C16H14ClNO. The molecular weight excluding hydrogens is 258 g/mol. The van der Waals surface area contributed by atoms with Crippen LogP contribution >= 0.6 is 11.6 Å². The van der Waals surface area contributed by atoms with Gasteiger partial charge in [-0.2, -0.15) is 0 Å². The molecule has 0 aliphatic rings. The van der Waals surface area contributed by atoms with Gasteiger partial charge in [0.25, 0.3) is 0 Å². The molecule has 1 aromatic carbocycles. The minimum atomic E-state index is 0.507. The molecule has 2 nitrogen and oxygen atoms in total. The second-order valence-electron chi connectivity index (χ2n) is 4.32. The monoisotopic (exact) mass is 271 g/mol. The summed E-state index contributed by atoms with van der Waals surface area (Å²) in [5.74, 6) is 1.36. The Kier molecular flexibility index (Phi) is 3.43. The Morgan fingerprint density at radius 3 is 2.58 bits per heavy atom. The molecule has 0 spiro atoms. The van der Waals surface area contributed by atoms with Crippen molar-refractivity contribution in [2.45, 2.75) is 0 Å². The average molecular weight is 272 g/mol. The van der Waals surface area contributed by atoms with Crippen molar-refractivity contribution in [1.82, 2.24) is 4.40 Å². The van der Waals surface area contributed by atoms with E-state index in [1.807, 2.05) is 24.3 Å². The number of fused-ring (bicyclic) bond motifs is 1. The number of aromatic nitrogens is 1. The predicted molar refractivity (Wildman–Crippen MR) is 79.0 cm³/mol. The van der Waals surface area contributed by atoms with Crippen molar-refractivity contribution in [3.63, 3.8) is 0 Å². The van der Waals surface area contributed by atoms with Gasteiger partial charge in [-0.3, -0.25) is 0 Å². The van der Waals surface area contributed by atoms with E-state index in [4.69, 9.17) is 16.3 Å². The van der Waals surface area contributed by atoms with Crippen LogP contribution in [0.4, 0.5) is 0 Å². The molecule has 0 aliphatic heterocycles. The van der Waals surface area contributed by atoms with E-state index < -0.39 is 0 Å². The van der Waals surface area contributed by atoms with Crippen molar-refractivity contribution in [2.24, 2.45) is 0 Å². The van der Waals surface area contributed by atoms with Crippen molar-refractivity contribution in [3.8, 4) is 16.9 Å².